The molecule has 1 amide bonds. The van der Waals surface area contributed by atoms with Gasteiger partial charge in [0, 0.05) is 30.1 Å². The monoisotopic (exact) mass is 369 g/mol. The van der Waals surface area contributed by atoms with Crippen molar-refractivity contribution in [3.8, 4) is 0 Å². The molecule has 1 aromatic heterocycles. The molecule has 2 atom stereocenters. The summed E-state index contributed by atoms with van der Waals surface area (Å²) in [6, 6.07) is 5.42. The van der Waals surface area contributed by atoms with E-state index < -0.39 is 17.6 Å². The highest BCUT2D eigenvalue weighted by Gasteiger charge is 2.33. The SMILES string of the molecule is CC(=O)NC1ON=C(c2ccc3c(=O)c(C(=O)O)cn(C4CC4)c3c2)C1C. The van der Waals surface area contributed by atoms with Crippen molar-refractivity contribution >= 4 is 28.5 Å². The quantitative estimate of drug-likeness (QED) is 0.855. The van der Waals surface area contributed by atoms with Gasteiger partial charge in [-0.25, -0.2) is 4.79 Å². The topological polar surface area (TPSA) is 110 Å². The van der Waals surface area contributed by atoms with E-state index in [0.29, 0.717) is 16.6 Å². The van der Waals surface area contributed by atoms with E-state index in [1.807, 2.05) is 17.6 Å². The number of aromatic nitrogens is 1. The zero-order valence-corrected chi connectivity index (χ0v) is 14.9. The van der Waals surface area contributed by atoms with Crippen molar-refractivity contribution in [2.45, 2.75) is 39.0 Å². The fraction of sp³-hybridized carbons (Fsp3) is 0.368. The lowest BCUT2D eigenvalue weighted by Crippen LogP contribution is -2.38. The fourth-order valence-corrected chi connectivity index (χ4v) is 3.41. The van der Waals surface area contributed by atoms with Crippen molar-refractivity contribution in [1.82, 2.24) is 9.88 Å². The number of nitrogens with one attached hydrogen (secondary N) is 1. The maximum Gasteiger partial charge on any atom is 0.341 e. The first-order chi connectivity index (χ1) is 12.9. The molecule has 1 aliphatic heterocycles. The van der Waals surface area contributed by atoms with Crippen molar-refractivity contribution in [2.24, 2.45) is 11.1 Å². The molecule has 140 valence electrons. The minimum atomic E-state index is -1.22. The second kappa shape index (κ2) is 6.22. The molecule has 0 spiro atoms. The van der Waals surface area contributed by atoms with Gasteiger partial charge in [0.2, 0.25) is 17.6 Å². The van der Waals surface area contributed by atoms with E-state index >= 15 is 0 Å². The first-order valence-electron chi connectivity index (χ1n) is 8.80. The Labute approximate surface area is 154 Å². The average molecular weight is 369 g/mol. The van der Waals surface area contributed by atoms with E-state index in [0.717, 1.165) is 18.4 Å². The van der Waals surface area contributed by atoms with Crippen LogP contribution in [0.2, 0.25) is 0 Å². The molecule has 1 aliphatic carbocycles. The van der Waals surface area contributed by atoms with Gasteiger partial charge >= 0.3 is 5.97 Å². The Hall–Kier alpha value is -3.16. The molecule has 0 radical (unpaired) electrons. The number of aromatic carboxylic acids is 1. The van der Waals surface area contributed by atoms with Crippen LogP contribution in [0, 0.1) is 5.92 Å². The Kier molecular flexibility index (Phi) is 3.98. The molecule has 2 aliphatic rings. The fourth-order valence-electron chi connectivity index (χ4n) is 3.41. The first-order valence-corrected chi connectivity index (χ1v) is 8.80. The van der Waals surface area contributed by atoms with E-state index in [-0.39, 0.29) is 23.4 Å². The molecule has 0 saturated heterocycles. The van der Waals surface area contributed by atoms with Crippen LogP contribution in [-0.4, -0.2) is 33.5 Å². The highest BCUT2D eigenvalue weighted by Crippen LogP contribution is 2.37. The third kappa shape index (κ3) is 2.97. The lowest BCUT2D eigenvalue weighted by molar-refractivity contribution is -0.123. The number of pyridine rings is 1. The van der Waals surface area contributed by atoms with Gasteiger partial charge in [0.1, 0.15) is 5.56 Å². The van der Waals surface area contributed by atoms with E-state index in [4.69, 9.17) is 4.84 Å². The van der Waals surface area contributed by atoms with Crippen LogP contribution in [0.3, 0.4) is 0 Å². The molecule has 2 N–H and O–H groups in total. The van der Waals surface area contributed by atoms with Gasteiger partial charge in [0.05, 0.1) is 17.1 Å². The van der Waals surface area contributed by atoms with Crippen molar-refractivity contribution < 1.29 is 19.5 Å². The number of carbonyl (C=O) groups excluding carboxylic acids is 1. The van der Waals surface area contributed by atoms with Crippen molar-refractivity contribution in [2.75, 3.05) is 0 Å². The Balaban J connectivity index is 1.80. The summed E-state index contributed by atoms with van der Waals surface area (Å²) in [5, 5.41) is 16.5. The molecular weight excluding hydrogens is 350 g/mol. The minimum absolute atomic E-state index is 0.161. The minimum Gasteiger partial charge on any atom is -0.477 e. The van der Waals surface area contributed by atoms with Crippen LogP contribution in [0.15, 0.2) is 34.3 Å². The number of hydrogen-bond acceptors (Lipinski definition) is 5. The second-order valence-corrected chi connectivity index (χ2v) is 7.04. The number of rotatable bonds is 4. The van der Waals surface area contributed by atoms with Gasteiger partial charge in [-0.05, 0) is 25.0 Å². The van der Waals surface area contributed by atoms with E-state index in [9.17, 15) is 19.5 Å². The number of oxime groups is 1. The van der Waals surface area contributed by atoms with Crippen LogP contribution in [0.5, 0.6) is 0 Å². The zero-order chi connectivity index (χ0) is 19.3. The van der Waals surface area contributed by atoms with Gasteiger partial charge in [-0.3, -0.25) is 9.59 Å². The summed E-state index contributed by atoms with van der Waals surface area (Å²) in [7, 11) is 0. The number of hydrogen-bond donors (Lipinski definition) is 2. The molecule has 8 heteroatoms. The molecule has 2 aromatic rings. The number of amides is 1. The Morgan fingerprint density at radius 3 is 2.70 bits per heavy atom. The van der Waals surface area contributed by atoms with Gasteiger partial charge in [-0.15, -0.1) is 0 Å². The molecule has 4 rings (SSSR count). The van der Waals surface area contributed by atoms with Crippen LogP contribution < -0.4 is 10.7 Å². The number of carbonyl (C=O) groups is 2. The molecule has 2 unspecified atom stereocenters. The maximum absolute atomic E-state index is 12.5. The highest BCUT2D eigenvalue weighted by atomic mass is 16.7. The van der Waals surface area contributed by atoms with Crippen molar-refractivity contribution in [1.29, 1.82) is 0 Å². The first kappa shape index (κ1) is 17.3. The zero-order valence-electron chi connectivity index (χ0n) is 14.9. The smallest absolute Gasteiger partial charge is 0.341 e. The number of fused-ring (bicyclic) bond motifs is 1. The molecule has 0 bridgehead atoms. The van der Waals surface area contributed by atoms with E-state index in [1.54, 1.807) is 12.1 Å². The predicted molar refractivity (Wildman–Crippen MR) is 97.8 cm³/mol. The summed E-state index contributed by atoms with van der Waals surface area (Å²) in [5.74, 6) is -1.59. The molecule has 27 heavy (non-hydrogen) atoms. The van der Waals surface area contributed by atoms with Crippen LogP contribution in [0.25, 0.3) is 10.9 Å². The summed E-state index contributed by atoms with van der Waals surface area (Å²) >= 11 is 0. The summed E-state index contributed by atoms with van der Waals surface area (Å²) in [6.07, 6.45) is 2.80. The molecule has 8 nitrogen and oxygen atoms in total. The third-order valence-electron chi connectivity index (χ3n) is 5.00. The van der Waals surface area contributed by atoms with E-state index in [1.165, 1.54) is 13.1 Å². The summed E-state index contributed by atoms with van der Waals surface area (Å²) in [6.45, 7) is 3.32. The lowest BCUT2D eigenvalue weighted by Gasteiger charge is -2.16. The molecule has 2 heterocycles. The number of carboxylic acid groups (broad SMARTS) is 1. The van der Waals surface area contributed by atoms with Crippen LogP contribution >= 0.6 is 0 Å². The molecule has 1 fully saturated rings. The lowest BCUT2D eigenvalue weighted by atomic mass is 9.96. The number of carboxylic acids is 1. The Morgan fingerprint density at radius 1 is 1.33 bits per heavy atom. The van der Waals surface area contributed by atoms with Gasteiger partial charge in [-0.2, -0.15) is 0 Å². The van der Waals surface area contributed by atoms with Crippen molar-refractivity contribution in [3.63, 3.8) is 0 Å². The predicted octanol–water partition coefficient (Wildman–Crippen LogP) is 1.87. The Bertz CT molecular complexity index is 1050. The summed E-state index contributed by atoms with van der Waals surface area (Å²) < 4.78 is 1.87. The van der Waals surface area contributed by atoms with Gasteiger partial charge < -0.3 is 19.8 Å². The van der Waals surface area contributed by atoms with Crippen LogP contribution in [0.1, 0.15) is 48.7 Å². The molecular formula is C19H19N3O5. The second-order valence-electron chi connectivity index (χ2n) is 7.04. The normalized spacial score (nSPS) is 21.6. The van der Waals surface area contributed by atoms with Crippen LogP contribution in [-0.2, 0) is 9.63 Å². The average Bonchev–Trinajstić information content (AvgIpc) is 3.39. The number of nitrogens with zero attached hydrogens (tertiary/aromatic N) is 2. The highest BCUT2D eigenvalue weighted by molar-refractivity contribution is 6.05. The Morgan fingerprint density at radius 2 is 2.07 bits per heavy atom. The summed E-state index contributed by atoms with van der Waals surface area (Å²) in [5.41, 5.74) is 1.42. The van der Waals surface area contributed by atoms with Crippen molar-refractivity contribution in [3.05, 3.63) is 45.7 Å². The third-order valence-corrected chi connectivity index (χ3v) is 5.00. The summed E-state index contributed by atoms with van der Waals surface area (Å²) in [4.78, 5) is 40.6. The largest absolute Gasteiger partial charge is 0.477 e. The maximum atomic E-state index is 12.5. The molecule has 1 aromatic carbocycles. The van der Waals surface area contributed by atoms with E-state index in [2.05, 4.69) is 10.5 Å². The van der Waals surface area contributed by atoms with Gasteiger partial charge in [0.25, 0.3) is 0 Å². The molecule has 1 saturated carbocycles. The van der Waals surface area contributed by atoms with Crippen LogP contribution in [0.4, 0.5) is 0 Å². The van der Waals surface area contributed by atoms with Gasteiger partial charge in [-0.1, -0.05) is 18.1 Å². The number of benzene rings is 1. The standard InChI is InChI=1S/C19H19N3O5/c1-9-16(21-27-18(9)20-10(2)23)11-3-6-13-15(7-11)22(12-4-5-12)8-14(17(13)24)19(25)26/h3,6-9,12,18H,4-5H2,1-2H3,(H,20,23)(H,25,26). The van der Waals surface area contributed by atoms with Gasteiger partial charge in [0.15, 0.2) is 0 Å².